The summed E-state index contributed by atoms with van der Waals surface area (Å²) in [5.41, 5.74) is 0. The van der Waals surface area contributed by atoms with E-state index in [1.807, 2.05) is 0 Å². The molecule has 0 aliphatic rings. The molecule has 0 spiro atoms. The minimum Gasteiger partial charge on any atom is -0.790 e. The van der Waals surface area contributed by atoms with Gasteiger partial charge in [0.25, 0.3) is 0 Å². The summed E-state index contributed by atoms with van der Waals surface area (Å²) in [6.07, 6.45) is 18.8. The monoisotopic (exact) mass is 682 g/mol. The zero-order valence-corrected chi connectivity index (χ0v) is 32.1. The third-order valence-electron chi connectivity index (χ3n) is 5.34. The molecule has 12 heteroatoms. The van der Waals surface area contributed by atoms with Gasteiger partial charge in [0.05, 0.1) is 14.4 Å². The van der Waals surface area contributed by atoms with Crippen LogP contribution in [-0.2, 0) is 28.2 Å². The van der Waals surface area contributed by atoms with Crippen LogP contribution < -0.4 is 68.9 Å². The second kappa shape index (κ2) is 36.2. The third-order valence-corrected chi connectivity index (χ3v) is 5.80. The van der Waals surface area contributed by atoms with Crippen molar-refractivity contribution >= 4 is 33.3 Å². The Bertz CT molecular complexity index is 1240. The summed E-state index contributed by atoms with van der Waals surface area (Å²) in [6.45, 7) is 0.882. The zero-order chi connectivity index (χ0) is 30.4. The predicted molar refractivity (Wildman–Crippen MR) is 186 cm³/mol. The second-order valence-electron chi connectivity index (χ2n) is 8.84. The Balaban J connectivity index is -0.0000000879. The van der Waals surface area contributed by atoms with Crippen molar-refractivity contribution in [1.29, 1.82) is 0 Å². The van der Waals surface area contributed by atoms with Gasteiger partial charge in [-0.25, -0.2) is 4.79 Å². The number of esters is 2. The van der Waals surface area contributed by atoms with Crippen LogP contribution in [0.5, 0.6) is 0 Å². The summed E-state index contributed by atoms with van der Waals surface area (Å²) >= 11 is 0. The molecule has 250 valence electrons. The van der Waals surface area contributed by atoms with Gasteiger partial charge in [-0.15, -0.1) is 6.42 Å². The molecule has 0 saturated carbocycles. The first-order valence-electron chi connectivity index (χ1n) is 13.8. The standard InChI is InChI=1S/C32H39O8P.2Na.H2S.11H2/c1-3-5-7-9-11-13-15-16-17-19-21-23-25-27-32(34)40-30(29-39-41(35,36)37)28-38-31(33)26-24-22-20-18-14-12-10-8-6-4-2;;;;;;;;;;;;;;/h2,30H,3,5,7,9,11,13,15-17,19,21,23,25,27-29H2,1H3,(H2,35,36,37);;;1H2;11*1H/q;2*+1;;;;;;;;;;;;/p-2/t30-;;;;;;;;;;;;;;/m1............../s1. The van der Waals surface area contributed by atoms with Gasteiger partial charge in [0.15, 0.2) is 6.10 Å². The van der Waals surface area contributed by atoms with E-state index in [-0.39, 0.29) is 94.7 Å². The normalized spacial score (nSPS) is 9.50. The molecule has 0 aromatic heterocycles. The quantitative estimate of drug-likeness (QED) is 0.0447. The number of phosphoric acid groups is 1. The topological polar surface area (TPSA) is 125 Å². The van der Waals surface area contributed by atoms with Crippen molar-refractivity contribution in [2.75, 3.05) is 13.2 Å². The maximum absolute atomic E-state index is 12.2. The molecule has 0 aromatic rings. The van der Waals surface area contributed by atoms with Gasteiger partial charge in [-0.1, -0.05) is 84.0 Å². The fraction of sp³-hybridized carbons (Fsp3) is 0.562. The molecule has 0 N–H and O–H groups in total. The Morgan fingerprint density at radius 3 is 1.61 bits per heavy atom. The van der Waals surface area contributed by atoms with Gasteiger partial charge < -0.3 is 28.3 Å². The van der Waals surface area contributed by atoms with E-state index in [9.17, 15) is 23.9 Å². The number of carbonyl (C=O) groups is 2. The Labute approximate surface area is 331 Å². The third kappa shape index (κ3) is 38.8. The van der Waals surface area contributed by atoms with E-state index in [2.05, 4.69) is 76.6 Å². The SMILES string of the molecule is C#CC#CC#CC#CC#CC#CC(=O)OC[C@H](COP(=O)([O-])[O-])OC(=O)CCCCCCCCCCCCCCC.S.[HH].[HH].[HH].[HH].[HH].[HH].[HH].[HH].[HH].[HH].[HH].[Na+].[Na+]. The van der Waals surface area contributed by atoms with Gasteiger partial charge in [0, 0.05) is 28.0 Å². The molecule has 0 aliphatic heterocycles. The van der Waals surface area contributed by atoms with Gasteiger partial charge in [-0.2, -0.15) is 13.5 Å². The van der Waals surface area contributed by atoms with Crippen LogP contribution in [0.15, 0.2) is 0 Å². The predicted octanol–water partition coefficient (Wildman–Crippen LogP) is 0.245. The van der Waals surface area contributed by atoms with Gasteiger partial charge in [0.1, 0.15) is 6.61 Å². The summed E-state index contributed by atoms with van der Waals surface area (Å²) in [4.78, 5) is 45.6. The van der Waals surface area contributed by atoms with E-state index < -0.39 is 39.1 Å². The van der Waals surface area contributed by atoms with Crippen molar-refractivity contribution in [3.8, 4) is 71.5 Å². The van der Waals surface area contributed by atoms with E-state index >= 15 is 0 Å². The van der Waals surface area contributed by atoms with Crippen LogP contribution in [0.25, 0.3) is 0 Å². The van der Waals surface area contributed by atoms with Gasteiger partial charge in [-0.3, -0.25) is 4.79 Å². The van der Waals surface area contributed by atoms with Gasteiger partial charge in [0.2, 0.25) is 0 Å². The largest absolute Gasteiger partial charge is 1.00 e. The molecule has 8 nitrogen and oxygen atoms in total. The van der Waals surface area contributed by atoms with Crippen molar-refractivity contribution in [2.45, 2.75) is 103 Å². The molecular weight excluding hydrogens is 621 g/mol. The summed E-state index contributed by atoms with van der Waals surface area (Å²) in [6, 6.07) is 0. The maximum Gasteiger partial charge on any atom is 1.00 e. The van der Waals surface area contributed by atoms with Crippen molar-refractivity contribution in [3.63, 3.8) is 0 Å². The Hall–Kier alpha value is -1.24. The molecule has 0 amide bonds. The molecule has 0 aromatic carbocycles. The van der Waals surface area contributed by atoms with Crippen LogP contribution in [0.3, 0.4) is 0 Å². The molecule has 44 heavy (non-hydrogen) atoms. The molecule has 0 unspecified atom stereocenters. The number of unbranched alkanes of at least 4 members (excludes halogenated alkanes) is 12. The maximum atomic E-state index is 12.2. The summed E-state index contributed by atoms with van der Waals surface area (Å²) in [7, 11) is -5.32. The van der Waals surface area contributed by atoms with Crippen LogP contribution >= 0.6 is 21.3 Å². The van der Waals surface area contributed by atoms with Crippen molar-refractivity contribution in [2.24, 2.45) is 0 Å². The minimum absolute atomic E-state index is 0. The number of carbonyl (C=O) groups excluding carboxylic acids is 2. The number of phosphoric ester groups is 1. The van der Waals surface area contributed by atoms with Crippen molar-refractivity contribution in [3.05, 3.63) is 0 Å². The average molecular weight is 683 g/mol. The molecular formula is C32H61Na2O8PS. The average Bonchev–Trinajstić information content (AvgIpc) is 2.93. The van der Waals surface area contributed by atoms with E-state index in [0.29, 0.717) is 6.42 Å². The molecule has 0 radical (unpaired) electrons. The van der Waals surface area contributed by atoms with E-state index in [0.717, 1.165) is 19.3 Å². The van der Waals surface area contributed by atoms with Gasteiger partial charge >= 0.3 is 71.1 Å². The van der Waals surface area contributed by atoms with Crippen molar-refractivity contribution < 1.29 is 113 Å². The summed E-state index contributed by atoms with van der Waals surface area (Å²) < 4.78 is 25.0. The molecule has 0 heterocycles. The molecule has 0 fully saturated rings. The number of hydrogen-bond acceptors (Lipinski definition) is 8. The van der Waals surface area contributed by atoms with Crippen LogP contribution in [0.1, 0.15) is 113 Å². The van der Waals surface area contributed by atoms with Crippen LogP contribution in [0.2, 0.25) is 0 Å². The fourth-order valence-corrected chi connectivity index (χ4v) is 3.71. The molecule has 0 rings (SSSR count). The zero-order valence-electron chi connectivity index (χ0n) is 26.2. The molecule has 1 atom stereocenters. The number of hydrogen-bond donors (Lipinski definition) is 0. The first kappa shape index (κ1) is 49.6. The van der Waals surface area contributed by atoms with Crippen LogP contribution in [0, 0.1) is 71.5 Å². The minimum atomic E-state index is -5.32. The fourth-order valence-electron chi connectivity index (χ4n) is 3.36. The van der Waals surface area contributed by atoms with Gasteiger partial charge in [-0.05, 0) is 65.6 Å². The summed E-state index contributed by atoms with van der Waals surface area (Å²) in [5, 5.41) is 0. The Kier molecular flexibility index (Phi) is 40.9. The van der Waals surface area contributed by atoms with E-state index in [4.69, 9.17) is 15.9 Å². The van der Waals surface area contributed by atoms with Crippen LogP contribution in [-0.4, -0.2) is 31.3 Å². The molecule has 0 saturated heterocycles. The smallest absolute Gasteiger partial charge is 0.790 e. The summed E-state index contributed by atoms with van der Waals surface area (Å²) in [5.74, 6) is 23.5. The number of ether oxygens (including phenoxy) is 2. The first-order chi connectivity index (χ1) is 19.8. The number of terminal acetylenes is 1. The molecule has 0 bridgehead atoms. The Morgan fingerprint density at radius 2 is 1.16 bits per heavy atom. The van der Waals surface area contributed by atoms with E-state index in [1.54, 1.807) is 0 Å². The van der Waals surface area contributed by atoms with Crippen molar-refractivity contribution in [1.82, 2.24) is 0 Å². The number of rotatable bonds is 20. The van der Waals surface area contributed by atoms with E-state index in [1.165, 1.54) is 57.8 Å². The second-order valence-corrected chi connectivity index (χ2v) is 9.99. The molecule has 0 aliphatic carbocycles. The first-order valence-corrected chi connectivity index (χ1v) is 15.2. The van der Waals surface area contributed by atoms with Crippen LogP contribution in [0.4, 0.5) is 0 Å². The Morgan fingerprint density at radius 1 is 0.727 bits per heavy atom.